The fourth-order valence-electron chi connectivity index (χ4n) is 7.02. The van der Waals surface area contributed by atoms with E-state index in [-0.39, 0.29) is 0 Å². The minimum Gasteiger partial charge on any atom is -0.494 e. The normalized spacial score (nSPS) is 11.7. The van der Waals surface area contributed by atoms with Crippen molar-refractivity contribution in [2.45, 2.75) is 206 Å². The van der Waals surface area contributed by atoms with Crippen molar-refractivity contribution in [2.24, 2.45) is 9.98 Å². The number of rotatable bonds is 39. The molecule has 4 heteroatoms. The molecule has 0 saturated heterocycles. The zero-order valence-corrected chi connectivity index (χ0v) is 35.5. The van der Waals surface area contributed by atoms with Gasteiger partial charge in [0.05, 0.1) is 13.2 Å². The molecule has 0 bridgehead atoms. The predicted octanol–water partition coefficient (Wildman–Crippen LogP) is 15.7. The molecule has 2 aromatic rings. The molecule has 0 unspecified atom stereocenters. The molecule has 0 aromatic heterocycles. The van der Waals surface area contributed by atoms with Gasteiger partial charge in [-0.05, 0) is 85.3 Å². The van der Waals surface area contributed by atoms with Gasteiger partial charge in [0.2, 0.25) is 0 Å². The van der Waals surface area contributed by atoms with E-state index in [0.717, 1.165) is 74.6 Å². The Morgan fingerprint density at radius 1 is 0.333 bits per heavy atom. The Bertz CT molecular complexity index is 1020. The Kier molecular flexibility index (Phi) is 32.8. The first kappa shape index (κ1) is 47.5. The highest BCUT2D eigenvalue weighted by atomic mass is 16.5. The number of hydrogen-bond donors (Lipinski definition) is 0. The van der Waals surface area contributed by atoms with Crippen LogP contribution in [0.3, 0.4) is 0 Å². The van der Waals surface area contributed by atoms with Crippen molar-refractivity contribution in [3.63, 3.8) is 0 Å². The van der Waals surface area contributed by atoms with Gasteiger partial charge in [-0.25, -0.2) is 0 Å². The van der Waals surface area contributed by atoms with Gasteiger partial charge in [0.1, 0.15) is 11.5 Å². The molecular weight excluding hydrogens is 661 g/mol. The fraction of sp³-hybridized carbons (Fsp3) is 0.720. The number of benzene rings is 2. The second kappa shape index (κ2) is 37.3. The molecule has 0 radical (unpaired) electrons. The van der Waals surface area contributed by atoms with Gasteiger partial charge in [-0.2, -0.15) is 0 Å². The van der Waals surface area contributed by atoms with Crippen molar-refractivity contribution in [3.8, 4) is 11.5 Å². The Morgan fingerprint density at radius 2 is 0.593 bits per heavy atom. The molecule has 4 nitrogen and oxygen atoms in total. The van der Waals surface area contributed by atoms with E-state index < -0.39 is 0 Å². The van der Waals surface area contributed by atoms with Crippen LogP contribution in [0.5, 0.6) is 11.5 Å². The van der Waals surface area contributed by atoms with Crippen molar-refractivity contribution >= 4 is 12.4 Å². The Hall–Kier alpha value is -2.62. The molecule has 0 heterocycles. The average Bonchev–Trinajstić information content (AvgIpc) is 3.20. The molecule has 2 aromatic carbocycles. The Balaban J connectivity index is 1.37. The number of aliphatic imine (C=N–C) groups is 2. The Morgan fingerprint density at radius 3 is 0.870 bits per heavy atom. The average molecular weight is 745 g/mol. The molecule has 54 heavy (non-hydrogen) atoms. The quantitative estimate of drug-likeness (QED) is 0.0505. The van der Waals surface area contributed by atoms with Crippen LogP contribution in [0.25, 0.3) is 0 Å². The fourth-order valence-corrected chi connectivity index (χ4v) is 7.02. The van der Waals surface area contributed by atoms with E-state index in [9.17, 15) is 0 Å². The molecular formula is C50H84N2O2. The lowest BCUT2D eigenvalue weighted by molar-refractivity contribution is 0.304. The molecule has 0 atom stereocenters. The van der Waals surface area contributed by atoms with Gasteiger partial charge in [0, 0.05) is 25.5 Å². The SMILES string of the molecule is CCCCCCCCCCCCCCCCOc1ccc(C=NCCCCN=Cc2ccc(OCCCCCCCCCCCCCCCC)cc2)cc1. The van der Waals surface area contributed by atoms with Gasteiger partial charge in [0.25, 0.3) is 0 Å². The highest BCUT2D eigenvalue weighted by Crippen LogP contribution is 2.17. The van der Waals surface area contributed by atoms with E-state index in [1.807, 2.05) is 12.4 Å². The van der Waals surface area contributed by atoms with Gasteiger partial charge >= 0.3 is 0 Å². The zero-order chi connectivity index (χ0) is 38.3. The number of ether oxygens (including phenoxy) is 2. The summed E-state index contributed by atoms with van der Waals surface area (Å²) in [4.78, 5) is 9.24. The number of nitrogens with zero attached hydrogens (tertiary/aromatic N) is 2. The summed E-state index contributed by atoms with van der Waals surface area (Å²) in [6.07, 6.45) is 44.7. The van der Waals surface area contributed by atoms with Crippen LogP contribution in [0.15, 0.2) is 58.5 Å². The van der Waals surface area contributed by atoms with Gasteiger partial charge in [0.15, 0.2) is 0 Å². The van der Waals surface area contributed by atoms with Gasteiger partial charge in [-0.15, -0.1) is 0 Å². The summed E-state index contributed by atoms with van der Waals surface area (Å²) in [6, 6.07) is 16.7. The minimum atomic E-state index is 0.813. The summed E-state index contributed by atoms with van der Waals surface area (Å²) in [5.41, 5.74) is 2.26. The molecule has 0 fully saturated rings. The molecule has 306 valence electrons. The van der Waals surface area contributed by atoms with E-state index in [2.05, 4.69) is 72.4 Å². The van der Waals surface area contributed by atoms with Crippen LogP contribution >= 0.6 is 0 Å². The predicted molar refractivity (Wildman–Crippen MR) is 239 cm³/mol. The zero-order valence-electron chi connectivity index (χ0n) is 35.5. The van der Waals surface area contributed by atoms with Gasteiger partial charge in [-0.3, -0.25) is 9.98 Å². The lowest BCUT2D eigenvalue weighted by Gasteiger charge is -2.07. The first-order chi connectivity index (χ1) is 26.8. The summed E-state index contributed by atoms with van der Waals surface area (Å²) in [5, 5.41) is 0. The summed E-state index contributed by atoms with van der Waals surface area (Å²) >= 11 is 0. The van der Waals surface area contributed by atoms with Crippen LogP contribution in [0.4, 0.5) is 0 Å². The van der Waals surface area contributed by atoms with Crippen molar-refractivity contribution in [3.05, 3.63) is 59.7 Å². The second-order valence-electron chi connectivity index (χ2n) is 15.8. The second-order valence-corrected chi connectivity index (χ2v) is 15.8. The first-order valence-corrected chi connectivity index (χ1v) is 23.3. The smallest absolute Gasteiger partial charge is 0.119 e. The van der Waals surface area contributed by atoms with E-state index in [1.165, 1.54) is 167 Å². The van der Waals surface area contributed by atoms with Gasteiger partial charge < -0.3 is 9.47 Å². The van der Waals surface area contributed by atoms with Crippen molar-refractivity contribution in [1.82, 2.24) is 0 Å². The molecule has 2 rings (SSSR count). The number of hydrogen-bond acceptors (Lipinski definition) is 4. The van der Waals surface area contributed by atoms with E-state index in [0.29, 0.717) is 0 Å². The molecule has 0 aliphatic rings. The van der Waals surface area contributed by atoms with Crippen molar-refractivity contribution in [2.75, 3.05) is 26.3 Å². The Labute approximate surface area is 334 Å². The molecule has 0 saturated carbocycles. The van der Waals surface area contributed by atoms with E-state index >= 15 is 0 Å². The third-order valence-corrected chi connectivity index (χ3v) is 10.6. The van der Waals surface area contributed by atoms with Crippen molar-refractivity contribution < 1.29 is 9.47 Å². The summed E-state index contributed by atoms with van der Waals surface area (Å²) < 4.78 is 11.9. The summed E-state index contributed by atoms with van der Waals surface area (Å²) in [7, 11) is 0. The lowest BCUT2D eigenvalue weighted by atomic mass is 10.0. The highest BCUT2D eigenvalue weighted by molar-refractivity contribution is 5.80. The maximum Gasteiger partial charge on any atom is 0.119 e. The topological polar surface area (TPSA) is 43.2 Å². The van der Waals surface area contributed by atoms with Crippen LogP contribution in [0.2, 0.25) is 0 Å². The molecule has 0 amide bonds. The van der Waals surface area contributed by atoms with Crippen LogP contribution in [-0.4, -0.2) is 38.7 Å². The maximum atomic E-state index is 5.97. The molecule has 0 spiro atoms. The molecule has 0 N–H and O–H groups in total. The maximum absolute atomic E-state index is 5.97. The van der Waals surface area contributed by atoms with Crippen molar-refractivity contribution in [1.29, 1.82) is 0 Å². The monoisotopic (exact) mass is 745 g/mol. The van der Waals surface area contributed by atoms with Crippen LogP contribution < -0.4 is 9.47 Å². The third kappa shape index (κ3) is 29.7. The van der Waals surface area contributed by atoms with Gasteiger partial charge in [-0.1, -0.05) is 181 Å². The number of unbranched alkanes of at least 4 members (excludes halogenated alkanes) is 27. The standard InChI is InChI=1S/C50H84N2O2/c1-3-5-7-9-11-13-15-17-19-21-23-25-27-31-43-53-49-37-33-47(34-38-49)45-51-41-29-30-42-52-46-48-35-39-50(40-36-48)54-44-32-28-26-24-22-20-18-16-14-12-10-8-6-4-2/h33-40,45-46H,3-32,41-44H2,1-2H3. The molecule has 0 aliphatic carbocycles. The van der Waals surface area contributed by atoms with Crippen LogP contribution in [0.1, 0.15) is 218 Å². The summed E-state index contributed by atoms with van der Waals surface area (Å²) in [6.45, 7) is 7.87. The largest absolute Gasteiger partial charge is 0.494 e. The summed E-state index contributed by atoms with van der Waals surface area (Å²) in [5.74, 6) is 1.92. The first-order valence-electron chi connectivity index (χ1n) is 23.3. The van der Waals surface area contributed by atoms with Crippen LogP contribution in [0, 0.1) is 0 Å². The lowest BCUT2D eigenvalue weighted by Crippen LogP contribution is -1.97. The highest BCUT2D eigenvalue weighted by Gasteiger charge is 1.99. The third-order valence-electron chi connectivity index (χ3n) is 10.6. The van der Waals surface area contributed by atoms with Crippen LogP contribution in [-0.2, 0) is 0 Å². The molecule has 0 aliphatic heterocycles. The van der Waals surface area contributed by atoms with E-state index in [4.69, 9.17) is 9.47 Å². The van der Waals surface area contributed by atoms with E-state index in [1.54, 1.807) is 0 Å². The minimum absolute atomic E-state index is 0.813.